The molecule has 1 fully saturated rings. The Morgan fingerprint density at radius 3 is 2.46 bits per heavy atom. The van der Waals surface area contributed by atoms with Crippen molar-refractivity contribution in [2.45, 2.75) is 51.1 Å². The van der Waals surface area contributed by atoms with Gasteiger partial charge in [0, 0.05) is 18.5 Å². The second-order valence-electron chi connectivity index (χ2n) is 7.13. The summed E-state index contributed by atoms with van der Waals surface area (Å²) >= 11 is 0. The monoisotopic (exact) mass is 325 g/mol. The fourth-order valence-electron chi connectivity index (χ4n) is 4.12. The number of nitrogens with zero attached hydrogens (tertiary/aromatic N) is 4. The molecule has 0 unspecified atom stereocenters. The number of amides is 1. The van der Waals surface area contributed by atoms with Crippen LogP contribution in [0.4, 0.5) is 0 Å². The first-order valence-electron chi connectivity index (χ1n) is 8.86. The highest BCUT2D eigenvalue weighted by Gasteiger charge is 2.29. The maximum absolute atomic E-state index is 12.6. The van der Waals surface area contributed by atoms with Gasteiger partial charge in [-0.25, -0.2) is 4.68 Å². The van der Waals surface area contributed by atoms with Crippen LogP contribution < -0.4 is 5.32 Å². The first-order chi connectivity index (χ1) is 11.8. The minimum Gasteiger partial charge on any atom is -0.352 e. The van der Waals surface area contributed by atoms with Gasteiger partial charge in [-0.2, -0.15) is 0 Å². The highest BCUT2D eigenvalue weighted by atomic mass is 16.1. The van der Waals surface area contributed by atoms with Crippen LogP contribution in [0, 0.1) is 11.8 Å². The number of carbonyl (C=O) groups excluding carboxylic acids is 1. The summed E-state index contributed by atoms with van der Waals surface area (Å²) in [4.78, 5) is 12.6. The molecule has 126 valence electrons. The van der Waals surface area contributed by atoms with Crippen molar-refractivity contribution >= 4 is 5.91 Å². The van der Waals surface area contributed by atoms with Crippen molar-refractivity contribution in [1.82, 2.24) is 25.5 Å². The molecule has 4 rings (SSSR count). The number of rotatable bonds is 4. The third-order valence-electron chi connectivity index (χ3n) is 5.45. The van der Waals surface area contributed by atoms with Gasteiger partial charge in [0.05, 0.1) is 0 Å². The third kappa shape index (κ3) is 3.32. The average molecular weight is 325 g/mol. The van der Waals surface area contributed by atoms with Crippen molar-refractivity contribution in [1.29, 1.82) is 0 Å². The molecule has 2 aliphatic rings. The summed E-state index contributed by atoms with van der Waals surface area (Å²) in [5.41, 5.74) is 2.76. The Balaban J connectivity index is 1.25. The molecule has 24 heavy (non-hydrogen) atoms. The average Bonchev–Trinajstić information content (AvgIpc) is 3.24. The Hall–Kier alpha value is -2.24. The van der Waals surface area contributed by atoms with Crippen LogP contribution >= 0.6 is 0 Å². The molecule has 0 spiro atoms. The van der Waals surface area contributed by atoms with E-state index in [1.807, 2.05) is 0 Å². The summed E-state index contributed by atoms with van der Waals surface area (Å²) in [6, 6.07) is 8.77. The van der Waals surface area contributed by atoms with Gasteiger partial charge < -0.3 is 5.32 Å². The molecule has 2 aromatic rings. The Labute approximate surface area is 141 Å². The number of nitrogens with one attached hydrogen (secondary N) is 1. The van der Waals surface area contributed by atoms with Crippen LogP contribution in [0.1, 0.15) is 36.8 Å². The maximum atomic E-state index is 12.6. The van der Waals surface area contributed by atoms with E-state index in [1.54, 1.807) is 11.0 Å². The normalized spacial score (nSPS) is 23.8. The Morgan fingerprint density at radius 1 is 1.12 bits per heavy atom. The Kier molecular flexibility index (Phi) is 4.28. The van der Waals surface area contributed by atoms with Crippen molar-refractivity contribution in [3.05, 3.63) is 41.7 Å². The molecule has 0 atom stereocenters. The van der Waals surface area contributed by atoms with Crippen molar-refractivity contribution in [2.75, 3.05) is 0 Å². The zero-order chi connectivity index (χ0) is 16.4. The third-order valence-corrected chi connectivity index (χ3v) is 5.45. The van der Waals surface area contributed by atoms with Gasteiger partial charge in [0.2, 0.25) is 5.91 Å². The van der Waals surface area contributed by atoms with Crippen LogP contribution in [0.25, 0.3) is 0 Å². The zero-order valence-electron chi connectivity index (χ0n) is 13.8. The number of hydrogen-bond donors (Lipinski definition) is 1. The molecular weight excluding hydrogens is 302 g/mol. The van der Waals surface area contributed by atoms with Crippen molar-refractivity contribution in [2.24, 2.45) is 11.8 Å². The molecular formula is C18H23N5O. The molecule has 1 amide bonds. The highest BCUT2D eigenvalue weighted by molar-refractivity contribution is 5.79. The second-order valence-corrected chi connectivity index (χ2v) is 7.13. The Bertz CT molecular complexity index is 666. The molecule has 0 saturated heterocycles. The van der Waals surface area contributed by atoms with E-state index in [1.165, 1.54) is 11.1 Å². The van der Waals surface area contributed by atoms with E-state index in [4.69, 9.17) is 0 Å². The molecule has 1 heterocycles. The lowest BCUT2D eigenvalue weighted by molar-refractivity contribution is -0.126. The van der Waals surface area contributed by atoms with E-state index in [-0.39, 0.29) is 17.9 Å². The summed E-state index contributed by atoms with van der Waals surface area (Å²) in [5.74, 6) is 0.987. The van der Waals surface area contributed by atoms with E-state index in [0.717, 1.165) is 45.1 Å². The summed E-state index contributed by atoms with van der Waals surface area (Å²) in [7, 11) is 0. The van der Waals surface area contributed by atoms with E-state index in [2.05, 4.69) is 45.1 Å². The number of fused-ring (bicyclic) bond motifs is 1. The molecule has 0 bridgehead atoms. The first-order valence-corrected chi connectivity index (χ1v) is 8.86. The van der Waals surface area contributed by atoms with Crippen LogP contribution in [0.3, 0.4) is 0 Å². The number of aromatic nitrogens is 4. The maximum Gasteiger partial charge on any atom is 0.223 e. The van der Waals surface area contributed by atoms with Gasteiger partial charge in [-0.15, -0.1) is 5.10 Å². The molecule has 0 aliphatic heterocycles. The Morgan fingerprint density at radius 2 is 1.83 bits per heavy atom. The minimum absolute atomic E-state index is 0.166. The lowest BCUT2D eigenvalue weighted by Gasteiger charge is -2.28. The fourth-order valence-corrected chi connectivity index (χ4v) is 4.12. The SMILES string of the molecule is O=C(NC1Cc2ccccc2C1)C1CCC(Cn2cnnn2)CC1. The highest BCUT2D eigenvalue weighted by Crippen LogP contribution is 2.30. The summed E-state index contributed by atoms with van der Waals surface area (Å²) in [6.07, 6.45) is 7.69. The van der Waals surface area contributed by atoms with E-state index in [0.29, 0.717) is 5.92 Å². The molecule has 1 aromatic carbocycles. The van der Waals surface area contributed by atoms with Gasteiger partial charge in [0.15, 0.2) is 0 Å². The quantitative estimate of drug-likeness (QED) is 0.930. The number of carbonyl (C=O) groups is 1. The van der Waals surface area contributed by atoms with E-state index >= 15 is 0 Å². The molecule has 0 radical (unpaired) electrons. The smallest absolute Gasteiger partial charge is 0.223 e. The van der Waals surface area contributed by atoms with Crippen molar-refractivity contribution < 1.29 is 4.79 Å². The molecule has 6 nitrogen and oxygen atoms in total. The van der Waals surface area contributed by atoms with Gasteiger partial charge in [-0.3, -0.25) is 4.79 Å². The van der Waals surface area contributed by atoms with Gasteiger partial charge in [-0.05, 0) is 66.0 Å². The summed E-state index contributed by atoms with van der Waals surface area (Å²) in [5, 5.41) is 14.6. The van der Waals surface area contributed by atoms with Gasteiger partial charge in [0.25, 0.3) is 0 Å². The molecule has 1 aromatic heterocycles. The van der Waals surface area contributed by atoms with Crippen LogP contribution in [0.15, 0.2) is 30.6 Å². The second kappa shape index (κ2) is 6.71. The lowest BCUT2D eigenvalue weighted by Crippen LogP contribution is -2.40. The fraction of sp³-hybridized carbons (Fsp3) is 0.556. The van der Waals surface area contributed by atoms with Crippen molar-refractivity contribution in [3.8, 4) is 0 Å². The van der Waals surface area contributed by atoms with Crippen LogP contribution in [0.2, 0.25) is 0 Å². The number of tetrazole rings is 1. The largest absolute Gasteiger partial charge is 0.352 e. The van der Waals surface area contributed by atoms with Gasteiger partial charge >= 0.3 is 0 Å². The first kappa shape index (κ1) is 15.3. The van der Waals surface area contributed by atoms with Gasteiger partial charge in [0.1, 0.15) is 6.33 Å². The topological polar surface area (TPSA) is 72.7 Å². The van der Waals surface area contributed by atoms with Crippen LogP contribution in [-0.2, 0) is 24.2 Å². The summed E-state index contributed by atoms with van der Waals surface area (Å²) in [6.45, 7) is 0.860. The predicted octanol–water partition coefficient (Wildman–Crippen LogP) is 1.76. The molecule has 6 heteroatoms. The van der Waals surface area contributed by atoms with Gasteiger partial charge in [-0.1, -0.05) is 24.3 Å². The standard InChI is InChI=1S/C18H23N5O/c24-18(20-17-9-15-3-1-2-4-16(15)10-17)14-7-5-13(6-8-14)11-23-12-19-21-22-23/h1-4,12-14,17H,5-11H2,(H,20,24). The lowest BCUT2D eigenvalue weighted by atomic mass is 9.81. The molecule has 2 aliphatic carbocycles. The minimum atomic E-state index is 0.166. The van der Waals surface area contributed by atoms with E-state index < -0.39 is 0 Å². The molecule has 1 saturated carbocycles. The zero-order valence-corrected chi connectivity index (χ0v) is 13.8. The number of hydrogen-bond acceptors (Lipinski definition) is 4. The molecule has 1 N–H and O–H groups in total. The predicted molar refractivity (Wildman–Crippen MR) is 89.0 cm³/mol. The van der Waals surface area contributed by atoms with Crippen molar-refractivity contribution in [3.63, 3.8) is 0 Å². The van der Waals surface area contributed by atoms with Crippen LogP contribution in [-0.4, -0.2) is 32.2 Å². The summed E-state index contributed by atoms with van der Waals surface area (Å²) < 4.78 is 1.79. The van der Waals surface area contributed by atoms with Crippen LogP contribution in [0.5, 0.6) is 0 Å². The van der Waals surface area contributed by atoms with E-state index in [9.17, 15) is 4.79 Å². The number of benzene rings is 1.